The standard InChI is InChI=1S/C28H20N4O4/c29-15-21-26(19-9-3-1-4-10-19)27(20-11-5-2-6-12-20)36-28(21)31-24(33)17-35-25(34)16-32-18-30-22-13-7-8-14-23(22)32/h1-14,18H,16-17H2,(H,31,33). The smallest absolute Gasteiger partial charge is 0.326 e. The van der Waals surface area contributed by atoms with Gasteiger partial charge in [0.1, 0.15) is 23.9 Å². The summed E-state index contributed by atoms with van der Waals surface area (Å²) >= 11 is 0. The van der Waals surface area contributed by atoms with Crippen molar-refractivity contribution in [3.63, 3.8) is 0 Å². The molecule has 0 radical (unpaired) electrons. The molecule has 0 atom stereocenters. The fraction of sp³-hybridized carbons (Fsp3) is 0.0714. The highest BCUT2D eigenvalue weighted by atomic mass is 16.5. The Morgan fingerprint density at radius 2 is 1.61 bits per heavy atom. The average molecular weight is 476 g/mol. The van der Waals surface area contributed by atoms with Crippen molar-refractivity contribution < 1.29 is 18.7 Å². The minimum atomic E-state index is -0.622. The minimum absolute atomic E-state index is 0.00291. The summed E-state index contributed by atoms with van der Waals surface area (Å²) in [6, 6.07) is 28.2. The van der Waals surface area contributed by atoms with Crippen LogP contribution in [-0.2, 0) is 20.9 Å². The number of hydrogen-bond donors (Lipinski definition) is 1. The van der Waals surface area contributed by atoms with Crippen molar-refractivity contribution in [2.45, 2.75) is 6.54 Å². The Morgan fingerprint density at radius 3 is 2.33 bits per heavy atom. The Balaban J connectivity index is 1.33. The van der Waals surface area contributed by atoms with Gasteiger partial charge in [0.05, 0.1) is 17.4 Å². The van der Waals surface area contributed by atoms with E-state index in [2.05, 4.69) is 16.4 Å². The van der Waals surface area contributed by atoms with Gasteiger partial charge in [-0.15, -0.1) is 0 Å². The Morgan fingerprint density at radius 1 is 0.944 bits per heavy atom. The van der Waals surface area contributed by atoms with E-state index in [9.17, 15) is 14.9 Å². The Labute approximate surface area is 206 Å². The highest BCUT2D eigenvalue weighted by Gasteiger charge is 2.24. The van der Waals surface area contributed by atoms with Gasteiger partial charge in [-0.05, 0) is 17.7 Å². The molecule has 0 aliphatic heterocycles. The Bertz CT molecular complexity index is 1580. The SMILES string of the molecule is N#Cc1c(NC(=O)COC(=O)Cn2cnc3ccccc32)oc(-c2ccccc2)c1-c1ccccc1. The van der Waals surface area contributed by atoms with Gasteiger partial charge in [-0.3, -0.25) is 14.9 Å². The van der Waals surface area contributed by atoms with E-state index < -0.39 is 18.5 Å². The summed E-state index contributed by atoms with van der Waals surface area (Å²) in [6.45, 7) is -0.618. The number of anilines is 1. The second kappa shape index (κ2) is 9.99. The third-order valence-corrected chi connectivity index (χ3v) is 5.56. The molecular weight excluding hydrogens is 456 g/mol. The maximum absolute atomic E-state index is 12.6. The quantitative estimate of drug-likeness (QED) is 0.330. The molecule has 0 aliphatic rings. The molecule has 8 heteroatoms. The molecule has 0 saturated heterocycles. The molecule has 2 heterocycles. The highest BCUT2D eigenvalue weighted by molar-refractivity contribution is 5.96. The first kappa shape index (κ1) is 22.6. The number of nitrogens with zero attached hydrogens (tertiary/aromatic N) is 3. The predicted molar refractivity (Wildman–Crippen MR) is 134 cm³/mol. The van der Waals surface area contributed by atoms with Crippen LogP contribution >= 0.6 is 0 Å². The number of benzene rings is 3. The molecule has 2 aromatic heterocycles. The van der Waals surface area contributed by atoms with Gasteiger partial charge in [-0.1, -0.05) is 72.8 Å². The van der Waals surface area contributed by atoms with E-state index in [1.165, 1.54) is 0 Å². The lowest BCUT2D eigenvalue weighted by molar-refractivity contribution is -0.147. The number of hydrogen-bond acceptors (Lipinski definition) is 6. The number of furan rings is 1. The molecule has 0 aliphatic carbocycles. The third kappa shape index (κ3) is 4.58. The Hall–Kier alpha value is -5.16. The van der Waals surface area contributed by atoms with E-state index in [0.29, 0.717) is 11.3 Å². The summed E-state index contributed by atoms with van der Waals surface area (Å²) in [4.78, 5) is 29.2. The molecule has 1 amide bonds. The van der Waals surface area contributed by atoms with E-state index in [1.807, 2.05) is 84.9 Å². The van der Waals surface area contributed by atoms with Crippen LogP contribution in [0.4, 0.5) is 5.88 Å². The van der Waals surface area contributed by atoms with E-state index in [0.717, 1.165) is 22.2 Å². The van der Waals surface area contributed by atoms with Crippen molar-refractivity contribution in [3.8, 4) is 28.5 Å². The average Bonchev–Trinajstić information content (AvgIpc) is 3.49. The van der Waals surface area contributed by atoms with E-state index in [1.54, 1.807) is 10.9 Å². The van der Waals surface area contributed by atoms with Gasteiger partial charge < -0.3 is 13.7 Å². The number of nitrogens with one attached hydrogen (secondary N) is 1. The maximum atomic E-state index is 12.6. The molecule has 0 saturated carbocycles. The number of amides is 1. The summed E-state index contributed by atoms with van der Waals surface area (Å²) in [6.07, 6.45) is 1.55. The highest BCUT2D eigenvalue weighted by Crippen LogP contribution is 2.41. The molecule has 0 unspecified atom stereocenters. The zero-order valence-corrected chi connectivity index (χ0v) is 19.0. The van der Waals surface area contributed by atoms with Crippen LogP contribution in [0, 0.1) is 11.3 Å². The monoisotopic (exact) mass is 476 g/mol. The van der Waals surface area contributed by atoms with Gasteiger partial charge in [0, 0.05) is 11.1 Å². The summed E-state index contributed by atoms with van der Waals surface area (Å²) in [7, 11) is 0. The summed E-state index contributed by atoms with van der Waals surface area (Å²) in [5, 5.41) is 12.5. The molecule has 0 bridgehead atoms. The number of aromatic nitrogens is 2. The zero-order chi connectivity index (χ0) is 24.9. The van der Waals surface area contributed by atoms with Crippen LogP contribution in [0.2, 0.25) is 0 Å². The minimum Gasteiger partial charge on any atom is -0.454 e. The van der Waals surface area contributed by atoms with E-state index in [-0.39, 0.29) is 18.0 Å². The van der Waals surface area contributed by atoms with Crippen molar-refractivity contribution in [1.29, 1.82) is 5.26 Å². The number of carbonyl (C=O) groups excluding carboxylic acids is 2. The maximum Gasteiger partial charge on any atom is 0.326 e. The number of esters is 1. The first-order valence-electron chi connectivity index (χ1n) is 11.2. The third-order valence-electron chi connectivity index (χ3n) is 5.56. The molecule has 176 valence electrons. The van der Waals surface area contributed by atoms with Gasteiger partial charge in [0.2, 0.25) is 5.88 Å². The number of ether oxygens (including phenoxy) is 1. The summed E-state index contributed by atoms with van der Waals surface area (Å²) in [5.74, 6) is -0.763. The normalized spacial score (nSPS) is 10.6. The van der Waals surface area contributed by atoms with E-state index in [4.69, 9.17) is 9.15 Å². The van der Waals surface area contributed by atoms with Crippen LogP contribution < -0.4 is 5.32 Å². The molecule has 1 N–H and O–H groups in total. The van der Waals surface area contributed by atoms with Crippen molar-refractivity contribution in [2.75, 3.05) is 11.9 Å². The molecule has 3 aromatic carbocycles. The Kier molecular flexibility index (Phi) is 6.28. The van der Waals surface area contributed by atoms with E-state index >= 15 is 0 Å². The zero-order valence-electron chi connectivity index (χ0n) is 19.0. The van der Waals surface area contributed by atoms with Crippen LogP contribution in [0.15, 0.2) is 95.7 Å². The second-order valence-corrected chi connectivity index (χ2v) is 7.92. The summed E-state index contributed by atoms with van der Waals surface area (Å²) < 4.78 is 12.8. The first-order valence-corrected chi connectivity index (χ1v) is 11.2. The lowest BCUT2D eigenvalue weighted by Gasteiger charge is -2.06. The number of carbonyl (C=O) groups is 2. The molecule has 8 nitrogen and oxygen atoms in total. The molecule has 0 spiro atoms. The lowest BCUT2D eigenvalue weighted by Crippen LogP contribution is -2.23. The van der Waals surface area contributed by atoms with Crippen LogP contribution in [0.5, 0.6) is 0 Å². The number of para-hydroxylation sites is 2. The van der Waals surface area contributed by atoms with Gasteiger partial charge in [0.25, 0.3) is 5.91 Å². The van der Waals surface area contributed by atoms with Crippen molar-refractivity contribution in [2.24, 2.45) is 0 Å². The summed E-state index contributed by atoms with van der Waals surface area (Å²) in [5.41, 5.74) is 3.83. The van der Waals surface area contributed by atoms with Crippen LogP contribution in [0.25, 0.3) is 33.5 Å². The first-order chi connectivity index (χ1) is 17.6. The van der Waals surface area contributed by atoms with Crippen molar-refractivity contribution in [3.05, 3.63) is 96.8 Å². The van der Waals surface area contributed by atoms with Gasteiger partial charge in [0.15, 0.2) is 6.61 Å². The predicted octanol–water partition coefficient (Wildman–Crippen LogP) is 5.02. The molecule has 36 heavy (non-hydrogen) atoms. The van der Waals surface area contributed by atoms with Crippen LogP contribution in [-0.4, -0.2) is 28.0 Å². The number of fused-ring (bicyclic) bond motifs is 1. The van der Waals surface area contributed by atoms with Gasteiger partial charge in [-0.2, -0.15) is 5.26 Å². The lowest BCUT2D eigenvalue weighted by atomic mass is 9.98. The number of rotatable bonds is 7. The molecule has 0 fully saturated rings. The van der Waals surface area contributed by atoms with Gasteiger partial charge in [-0.25, -0.2) is 4.98 Å². The topological polar surface area (TPSA) is 110 Å². The van der Waals surface area contributed by atoms with Gasteiger partial charge >= 0.3 is 5.97 Å². The molecule has 5 rings (SSSR count). The van der Waals surface area contributed by atoms with Crippen molar-refractivity contribution >= 4 is 28.8 Å². The van der Waals surface area contributed by atoms with Crippen LogP contribution in [0.3, 0.4) is 0 Å². The van der Waals surface area contributed by atoms with Crippen LogP contribution in [0.1, 0.15) is 5.56 Å². The number of nitriles is 1. The number of imidazole rings is 1. The molecule has 5 aromatic rings. The van der Waals surface area contributed by atoms with Crippen molar-refractivity contribution in [1.82, 2.24) is 9.55 Å². The fourth-order valence-corrected chi connectivity index (χ4v) is 3.93. The largest absolute Gasteiger partial charge is 0.454 e. The fourth-order valence-electron chi connectivity index (χ4n) is 3.93. The molecular formula is C28H20N4O4. The second-order valence-electron chi connectivity index (χ2n) is 7.92.